The minimum atomic E-state index is -4.07. The van der Waals surface area contributed by atoms with E-state index in [1.165, 1.54) is 31.5 Å². The van der Waals surface area contributed by atoms with Gasteiger partial charge in [0.25, 0.3) is 21.4 Å². The number of sulfonamides is 1. The Morgan fingerprint density at radius 3 is 2.72 bits per heavy atom. The molecule has 3 aromatic heterocycles. The molecule has 0 bridgehead atoms. The zero-order valence-corrected chi connectivity index (χ0v) is 13.5. The molecule has 128 valence electrons. The standard InChI is InChI=1S/C13H11N7O4S/c1-6-10(11(21)20-12(16-6)14-5-15-20)19-25(23,24)7-2-3-8-9(4-7)18-13(22)17-8/h2-5,19H,1H3,(H,14,15,16)(H2,17,18,22). The number of nitrogens with zero attached hydrogens (tertiary/aromatic N) is 3. The van der Waals surface area contributed by atoms with Gasteiger partial charge >= 0.3 is 5.69 Å². The Bertz CT molecular complexity index is 1340. The minimum absolute atomic E-state index is 0.108. The summed E-state index contributed by atoms with van der Waals surface area (Å²) in [7, 11) is -4.07. The van der Waals surface area contributed by atoms with Crippen molar-refractivity contribution in [3.05, 3.63) is 51.1 Å². The predicted octanol–water partition coefficient (Wildman–Crippen LogP) is -0.304. The highest BCUT2D eigenvalue weighted by Crippen LogP contribution is 2.18. The van der Waals surface area contributed by atoms with E-state index in [0.29, 0.717) is 11.0 Å². The van der Waals surface area contributed by atoms with E-state index in [2.05, 4.69) is 29.8 Å². The van der Waals surface area contributed by atoms with Crippen LogP contribution in [0.25, 0.3) is 16.8 Å². The summed E-state index contributed by atoms with van der Waals surface area (Å²) in [4.78, 5) is 36.5. The predicted molar refractivity (Wildman–Crippen MR) is 88.1 cm³/mol. The van der Waals surface area contributed by atoms with E-state index < -0.39 is 21.3 Å². The summed E-state index contributed by atoms with van der Waals surface area (Å²) in [5, 5.41) is 2.56. The SMILES string of the molecule is Cc1nc2nc[nH]n2c(=O)c1NS(=O)(=O)c1ccc2[nH]c(=O)[nH]c2c1. The summed E-state index contributed by atoms with van der Waals surface area (Å²) in [6, 6.07) is 4.08. The Kier molecular flexibility index (Phi) is 3.05. The summed E-state index contributed by atoms with van der Waals surface area (Å²) in [6.45, 7) is 1.50. The summed E-state index contributed by atoms with van der Waals surface area (Å²) >= 11 is 0. The molecule has 0 saturated heterocycles. The van der Waals surface area contributed by atoms with E-state index in [1.807, 2.05) is 0 Å². The van der Waals surface area contributed by atoms with Gasteiger partial charge in [-0.2, -0.15) is 4.52 Å². The van der Waals surface area contributed by atoms with E-state index in [9.17, 15) is 18.0 Å². The van der Waals surface area contributed by atoms with E-state index in [-0.39, 0.29) is 22.1 Å². The normalized spacial score (nSPS) is 12.0. The molecule has 0 saturated carbocycles. The maximum absolute atomic E-state index is 12.6. The number of aromatic amines is 3. The first-order chi connectivity index (χ1) is 11.8. The van der Waals surface area contributed by atoms with Gasteiger partial charge in [-0.15, -0.1) is 0 Å². The van der Waals surface area contributed by atoms with Crippen molar-refractivity contribution in [2.45, 2.75) is 11.8 Å². The van der Waals surface area contributed by atoms with Crippen molar-refractivity contribution in [3.8, 4) is 0 Å². The number of hydrogen-bond donors (Lipinski definition) is 4. The zero-order chi connectivity index (χ0) is 17.8. The van der Waals surface area contributed by atoms with Crippen LogP contribution in [0.2, 0.25) is 0 Å². The van der Waals surface area contributed by atoms with Crippen LogP contribution in [-0.4, -0.2) is 38.0 Å². The molecule has 11 nitrogen and oxygen atoms in total. The van der Waals surface area contributed by atoms with Crippen LogP contribution in [0.1, 0.15) is 5.69 Å². The van der Waals surface area contributed by atoms with Gasteiger partial charge in [0.2, 0.25) is 0 Å². The molecule has 4 aromatic rings. The second kappa shape index (κ2) is 5.04. The molecule has 4 rings (SSSR count). The molecule has 0 aliphatic rings. The van der Waals surface area contributed by atoms with Gasteiger partial charge in [0.05, 0.1) is 21.6 Å². The van der Waals surface area contributed by atoms with Gasteiger partial charge in [-0.3, -0.25) is 14.6 Å². The van der Waals surface area contributed by atoms with Crippen molar-refractivity contribution in [3.63, 3.8) is 0 Å². The fourth-order valence-electron chi connectivity index (χ4n) is 2.45. The molecule has 0 aliphatic heterocycles. The van der Waals surface area contributed by atoms with Crippen molar-refractivity contribution in [2.75, 3.05) is 4.72 Å². The molecule has 0 fully saturated rings. The third-order valence-corrected chi connectivity index (χ3v) is 4.99. The van der Waals surface area contributed by atoms with E-state index in [1.54, 1.807) is 0 Å². The van der Waals surface area contributed by atoms with Crippen LogP contribution in [-0.2, 0) is 10.0 Å². The fraction of sp³-hybridized carbons (Fsp3) is 0.0769. The van der Waals surface area contributed by atoms with Crippen LogP contribution in [0.3, 0.4) is 0 Å². The lowest BCUT2D eigenvalue weighted by atomic mass is 10.3. The average molecular weight is 361 g/mol. The molecular formula is C13H11N7O4S. The Hall–Kier alpha value is -3.41. The molecule has 0 atom stereocenters. The number of rotatable bonds is 3. The monoisotopic (exact) mass is 361 g/mol. The van der Waals surface area contributed by atoms with Gasteiger partial charge in [0.15, 0.2) is 0 Å². The smallest absolute Gasteiger partial charge is 0.306 e. The van der Waals surface area contributed by atoms with Crippen molar-refractivity contribution in [2.24, 2.45) is 0 Å². The topological polar surface area (TPSA) is 158 Å². The highest BCUT2D eigenvalue weighted by atomic mass is 32.2. The lowest BCUT2D eigenvalue weighted by Gasteiger charge is -2.09. The summed E-state index contributed by atoms with van der Waals surface area (Å²) in [5.41, 5.74) is -0.259. The number of anilines is 1. The highest BCUT2D eigenvalue weighted by Gasteiger charge is 2.20. The van der Waals surface area contributed by atoms with Gasteiger partial charge in [0, 0.05) is 0 Å². The first-order valence-corrected chi connectivity index (χ1v) is 8.51. The number of H-pyrrole nitrogens is 3. The van der Waals surface area contributed by atoms with Gasteiger partial charge in [-0.05, 0) is 25.1 Å². The van der Waals surface area contributed by atoms with Crippen molar-refractivity contribution < 1.29 is 8.42 Å². The average Bonchev–Trinajstić information content (AvgIpc) is 3.15. The van der Waals surface area contributed by atoms with Crippen molar-refractivity contribution >= 4 is 32.5 Å². The van der Waals surface area contributed by atoms with Gasteiger partial charge < -0.3 is 9.97 Å². The largest absolute Gasteiger partial charge is 0.323 e. The molecule has 0 amide bonds. The lowest BCUT2D eigenvalue weighted by molar-refractivity contribution is 0.601. The van der Waals surface area contributed by atoms with Crippen LogP contribution in [0, 0.1) is 6.92 Å². The number of aryl methyl sites for hydroxylation is 1. The number of benzene rings is 1. The molecular weight excluding hydrogens is 350 g/mol. The van der Waals surface area contributed by atoms with Crippen LogP contribution >= 0.6 is 0 Å². The number of imidazole rings is 1. The minimum Gasteiger partial charge on any atom is -0.306 e. The highest BCUT2D eigenvalue weighted by molar-refractivity contribution is 7.92. The molecule has 25 heavy (non-hydrogen) atoms. The van der Waals surface area contributed by atoms with Gasteiger partial charge in [-0.1, -0.05) is 0 Å². The molecule has 0 radical (unpaired) electrons. The maximum Gasteiger partial charge on any atom is 0.323 e. The van der Waals surface area contributed by atoms with E-state index in [4.69, 9.17) is 0 Å². The Morgan fingerprint density at radius 1 is 1.16 bits per heavy atom. The number of nitrogens with one attached hydrogen (secondary N) is 4. The Morgan fingerprint density at radius 2 is 1.92 bits per heavy atom. The lowest BCUT2D eigenvalue weighted by Crippen LogP contribution is -2.25. The van der Waals surface area contributed by atoms with Crippen molar-refractivity contribution in [1.29, 1.82) is 0 Å². The number of fused-ring (bicyclic) bond motifs is 2. The number of hydrogen-bond acceptors (Lipinski definition) is 6. The fourth-order valence-corrected chi connectivity index (χ4v) is 3.59. The third kappa shape index (κ3) is 2.39. The molecule has 1 aromatic carbocycles. The van der Waals surface area contributed by atoms with Crippen LogP contribution in [0.15, 0.2) is 39.0 Å². The molecule has 3 heterocycles. The molecule has 0 aliphatic carbocycles. The second-order valence-electron chi connectivity index (χ2n) is 5.29. The van der Waals surface area contributed by atoms with Crippen LogP contribution < -0.4 is 16.0 Å². The first kappa shape index (κ1) is 15.1. The maximum atomic E-state index is 12.6. The van der Waals surface area contributed by atoms with Gasteiger partial charge in [-0.25, -0.2) is 23.2 Å². The van der Waals surface area contributed by atoms with Crippen LogP contribution in [0.5, 0.6) is 0 Å². The summed E-state index contributed by atoms with van der Waals surface area (Å²) in [5.74, 6) is 0.136. The quantitative estimate of drug-likeness (QED) is 0.392. The van der Waals surface area contributed by atoms with Gasteiger partial charge in [0.1, 0.15) is 12.0 Å². The second-order valence-corrected chi connectivity index (χ2v) is 6.97. The van der Waals surface area contributed by atoms with Crippen molar-refractivity contribution in [1.82, 2.24) is 29.5 Å². The van der Waals surface area contributed by atoms with E-state index in [0.717, 1.165) is 4.52 Å². The molecule has 12 heteroatoms. The molecule has 0 unspecified atom stereocenters. The Labute approximate surface area is 138 Å². The Balaban J connectivity index is 1.83. The van der Waals surface area contributed by atoms with E-state index >= 15 is 0 Å². The van der Waals surface area contributed by atoms with Crippen LogP contribution in [0.4, 0.5) is 5.69 Å². The zero-order valence-electron chi connectivity index (χ0n) is 12.7. The third-order valence-electron chi connectivity index (χ3n) is 3.65. The first-order valence-electron chi connectivity index (χ1n) is 7.03. The number of aromatic nitrogens is 6. The molecule has 0 spiro atoms. The summed E-state index contributed by atoms with van der Waals surface area (Å²) in [6.07, 6.45) is 1.28. The molecule has 4 N–H and O–H groups in total. The summed E-state index contributed by atoms with van der Waals surface area (Å²) < 4.78 is 28.5.